The minimum absolute atomic E-state index is 0.416. The number of aromatic nitrogens is 4. The second-order valence-corrected chi connectivity index (χ2v) is 4.80. The number of hydrogen-bond acceptors (Lipinski definition) is 5. The van der Waals surface area contributed by atoms with E-state index in [4.69, 9.17) is 16.6 Å². The van der Waals surface area contributed by atoms with Gasteiger partial charge in [-0.2, -0.15) is 4.79 Å². The van der Waals surface area contributed by atoms with E-state index in [1.54, 1.807) is 6.07 Å². The summed E-state index contributed by atoms with van der Waals surface area (Å²) in [5, 5.41) is 4.16. The first-order chi connectivity index (χ1) is 8.56. The molecule has 1 aliphatic rings. The fourth-order valence-electron chi connectivity index (χ4n) is 2.15. The van der Waals surface area contributed by atoms with Crippen LogP contribution in [0.5, 0.6) is 0 Å². The van der Waals surface area contributed by atoms with Crippen LogP contribution in [0.1, 0.15) is 35.8 Å². The van der Waals surface area contributed by atoms with E-state index in [9.17, 15) is 0 Å². The van der Waals surface area contributed by atoms with Crippen molar-refractivity contribution in [3.05, 3.63) is 23.1 Å². The minimum atomic E-state index is 0.416. The number of hydrogen-bond donors (Lipinski definition) is 2. The van der Waals surface area contributed by atoms with Crippen LogP contribution in [-0.2, 0) is 0 Å². The van der Waals surface area contributed by atoms with Crippen molar-refractivity contribution in [3.63, 3.8) is 0 Å². The van der Waals surface area contributed by atoms with Crippen molar-refractivity contribution in [2.75, 3.05) is 11.6 Å². The van der Waals surface area contributed by atoms with Crippen LogP contribution in [0.25, 0.3) is 11.4 Å². The zero-order valence-corrected chi connectivity index (χ0v) is 10.5. The second-order valence-electron chi connectivity index (χ2n) is 4.80. The summed E-state index contributed by atoms with van der Waals surface area (Å²) in [6.07, 6.45) is 2.40. The van der Waals surface area contributed by atoms with Crippen LogP contribution in [0.15, 0.2) is 6.07 Å². The molecule has 6 heteroatoms. The first kappa shape index (κ1) is 11.0. The molecule has 18 heavy (non-hydrogen) atoms. The van der Waals surface area contributed by atoms with Crippen LogP contribution in [0.4, 0.5) is 5.82 Å². The van der Waals surface area contributed by atoms with Crippen LogP contribution >= 0.6 is 0 Å². The van der Waals surface area contributed by atoms with Crippen molar-refractivity contribution in [2.24, 2.45) is 0 Å². The van der Waals surface area contributed by atoms with Gasteiger partial charge in [0.15, 0.2) is 0 Å². The number of anilines is 1. The third-order valence-corrected chi connectivity index (χ3v) is 3.25. The van der Waals surface area contributed by atoms with E-state index in [0.29, 0.717) is 17.4 Å². The summed E-state index contributed by atoms with van der Waals surface area (Å²) in [5.41, 5.74) is 10.1. The highest BCUT2D eigenvalue weighted by Crippen LogP contribution is 2.41. The van der Waals surface area contributed by atoms with Crippen LogP contribution in [0, 0.1) is 13.8 Å². The predicted octanol–water partition coefficient (Wildman–Crippen LogP) is 1.13. The molecule has 0 saturated heterocycles. The van der Waals surface area contributed by atoms with Crippen molar-refractivity contribution in [1.29, 1.82) is 0 Å². The SMILES string of the molecule is Cc1nc(C)c(C2CC2)nc1-c1cc(N)n(N)n1. The Morgan fingerprint density at radius 2 is 1.94 bits per heavy atom. The molecule has 0 aromatic carbocycles. The minimum Gasteiger partial charge on any atom is -0.382 e. The molecule has 6 nitrogen and oxygen atoms in total. The van der Waals surface area contributed by atoms with Crippen LogP contribution in [0.3, 0.4) is 0 Å². The van der Waals surface area contributed by atoms with Crippen molar-refractivity contribution in [2.45, 2.75) is 32.6 Å². The highest BCUT2D eigenvalue weighted by molar-refractivity contribution is 5.61. The molecule has 0 atom stereocenters. The van der Waals surface area contributed by atoms with Gasteiger partial charge in [0.2, 0.25) is 0 Å². The number of nitrogens with two attached hydrogens (primary N) is 2. The molecule has 1 saturated carbocycles. The molecule has 0 unspecified atom stereocenters. The summed E-state index contributed by atoms with van der Waals surface area (Å²) in [4.78, 5) is 10.4. The summed E-state index contributed by atoms with van der Waals surface area (Å²) in [6.45, 7) is 3.94. The van der Waals surface area contributed by atoms with Gasteiger partial charge in [0.1, 0.15) is 17.2 Å². The summed E-state index contributed by atoms with van der Waals surface area (Å²) < 4.78 is 0. The van der Waals surface area contributed by atoms with Crippen molar-refractivity contribution in [3.8, 4) is 11.4 Å². The molecular weight excluding hydrogens is 228 g/mol. The van der Waals surface area contributed by atoms with E-state index in [1.165, 1.54) is 12.8 Å². The summed E-state index contributed by atoms with van der Waals surface area (Å²) in [5.74, 6) is 6.58. The fraction of sp³-hybridized carbons (Fsp3) is 0.417. The molecule has 2 heterocycles. The lowest BCUT2D eigenvalue weighted by Gasteiger charge is -2.07. The van der Waals surface area contributed by atoms with Crippen LogP contribution in [0.2, 0.25) is 0 Å². The Labute approximate surface area is 105 Å². The van der Waals surface area contributed by atoms with Gasteiger partial charge in [0.25, 0.3) is 0 Å². The molecule has 0 amide bonds. The Kier molecular flexibility index (Phi) is 2.26. The topological polar surface area (TPSA) is 95.6 Å². The highest BCUT2D eigenvalue weighted by Gasteiger charge is 2.28. The first-order valence-electron chi connectivity index (χ1n) is 6.02. The summed E-state index contributed by atoms with van der Waals surface area (Å²) in [7, 11) is 0. The Hall–Kier alpha value is -2.11. The third kappa shape index (κ3) is 1.70. The smallest absolute Gasteiger partial charge is 0.145 e. The first-order valence-corrected chi connectivity index (χ1v) is 6.02. The Morgan fingerprint density at radius 1 is 1.22 bits per heavy atom. The molecule has 2 aromatic rings. The van der Waals surface area contributed by atoms with Gasteiger partial charge in [-0.1, -0.05) is 0 Å². The normalized spacial score (nSPS) is 15.0. The standard InChI is InChI=1S/C12H16N6/c1-6-11(8-3-4-8)16-12(7(2)15-6)9-5-10(13)18(14)17-9/h5,8H,3-4,13-14H2,1-2H3. The van der Waals surface area contributed by atoms with E-state index in [2.05, 4.69) is 10.1 Å². The molecule has 1 aliphatic carbocycles. The zero-order valence-electron chi connectivity index (χ0n) is 10.5. The highest BCUT2D eigenvalue weighted by atomic mass is 15.5. The molecule has 94 valence electrons. The molecule has 0 bridgehead atoms. The van der Waals surface area contributed by atoms with Gasteiger partial charge in [-0.15, -0.1) is 5.10 Å². The molecule has 4 N–H and O–H groups in total. The van der Waals surface area contributed by atoms with Gasteiger partial charge >= 0.3 is 0 Å². The Morgan fingerprint density at radius 3 is 2.50 bits per heavy atom. The van der Waals surface area contributed by atoms with Crippen molar-refractivity contribution < 1.29 is 0 Å². The van der Waals surface area contributed by atoms with Crippen molar-refractivity contribution in [1.82, 2.24) is 19.9 Å². The van der Waals surface area contributed by atoms with Crippen LogP contribution < -0.4 is 11.6 Å². The van der Waals surface area contributed by atoms with Gasteiger partial charge in [-0.3, -0.25) is 4.98 Å². The number of nitrogen functional groups attached to an aromatic ring is 2. The Balaban J connectivity index is 2.13. The molecule has 0 radical (unpaired) electrons. The van der Waals surface area contributed by atoms with Gasteiger partial charge < -0.3 is 11.6 Å². The summed E-state index contributed by atoms with van der Waals surface area (Å²) >= 11 is 0. The monoisotopic (exact) mass is 244 g/mol. The maximum atomic E-state index is 5.70. The number of nitrogens with zero attached hydrogens (tertiary/aromatic N) is 4. The van der Waals surface area contributed by atoms with Gasteiger partial charge in [0.05, 0.1) is 17.1 Å². The molecule has 2 aromatic heterocycles. The van der Waals surface area contributed by atoms with Gasteiger partial charge in [-0.05, 0) is 26.7 Å². The molecule has 0 spiro atoms. The molecule has 1 fully saturated rings. The third-order valence-electron chi connectivity index (χ3n) is 3.25. The zero-order chi connectivity index (χ0) is 12.9. The predicted molar refractivity (Wildman–Crippen MR) is 69.3 cm³/mol. The molecular formula is C12H16N6. The van der Waals surface area contributed by atoms with E-state index in [-0.39, 0.29) is 0 Å². The average molecular weight is 244 g/mol. The average Bonchev–Trinajstić information content (AvgIpc) is 3.07. The number of aryl methyl sites for hydroxylation is 2. The van der Waals surface area contributed by atoms with E-state index in [1.807, 2.05) is 13.8 Å². The largest absolute Gasteiger partial charge is 0.382 e. The van der Waals surface area contributed by atoms with Gasteiger partial charge in [-0.25, -0.2) is 4.98 Å². The van der Waals surface area contributed by atoms with E-state index < -0.39 is 0 Å². The van der Waals surface area contributed by atoms with E-state index >= 15 is 0 Å². The Bertz CT molecular complexity index is 592. The van der Waals surface area contributed by atoms with Crippen LogP contribution in [-0.4, -0.2) is 19.9 Å². The van der Waals surface area contributed by atoms with Gasteiger partial charge in [0, 0.05) is 12.0 Å². The lowest BCUT2D eigenvalue weighted by Crippen LogP contribution is -2.13. The molecule has 0 aliphatic heterocycles. The molecule has 3 rings (SSSR count). The number of rotatable bonds is 2. The maximum absolute atomic E-state index is 5.70. The maximum Gasteiger partial charge on any atom is 0.145 e. The lowest BCUT2D eigenvalue weighted by molar-refractivity contribution is 0.840. The second kappa shape index (κ2) is 3.69. The van der Waals surface area contributed by atoms with E-state index in [0.717, 1.165) is 27.6 Å². The quantitative estimate of drug-likeness (QED) is 0.772. The summed E-state index contributed by atoms with van der Waals surface area (Å²) in [6, 6.07) is 1.73. The fourth-order valence-corrected chi connectivity index (χ4v) is 2.15. The van der Waals surface area contributed by atoms with Crippen molar-refractivity contribution >= 4 is 5.82 Å². The lowest BCUT2D eigenvalue weighted by atomic mass is 10.1.